The van der Waals surface area contributed by atoms with Gasteiger partial charge in [0.05, 0.1) is 13.0 Å². The second-order valence-corrected chi connectivity index (χ2v) is 3.95. The molecule has 2 aromatic carbocycles. The molecular formula is C15H14O3. The Kier molecular flexibility index (Phi) is 3.63. The molecule has 0 aliphatic carbocycles. The molecule has 0 spiro atoms. The van der Waals surface area contributed by atoms with Crippen LogP contribution in [-0.4, -0.2) is 18.5 Å². The minimum atomic E-state index is -0.387. The molecule has 0 heterocycles. The summed E-state index contributed by atoms with van der Waals surface area (Å²) in [6, 6.07) is 14.0. The summed E-state index contributed by atoms with van der Waals surface area (Å²) >= 11 is 0. The number of hydrogen-bond donors (Lipinski definition) is 1. The second-order valence-electron chi connectivity index (χ2n) is 3.95. The number of aromatic hydroxyl groups is 1. The molecular weight excluding hydrogens is 228 g/mol. The summed E-state index contributed by atoms with van der Waals surface area (Å²) in [5.41, 5.74) is 1.65. The normalized spacial score (nSPS) is 11.8. The van der Waals surface area contributed by atoms with E-state index in [0.29, 0.717) is 5.75 Å². The van der Waals surface area contributed by atoms with Crippen LogP contribution in [0.4, 0.5) is 0 Å². The average Bonchev–Trinajstić information content (AvgIpc) is 2.42. The van der Waals surface area contributed by atoms with Gasteiger partial charge in [0.15, 0.2) is 0 Å². The summed E-state index contributed by atoms with van der Waals surface area (Å²) in [6.07, 6.45) is 0.879. The van der Waals surface area contributed by atoms with Gasteiger partial charge in [0.1, 0.15) is 17.8 Å². The third-order valence-corrected chi connectivity index (χ3v) is 2.86. The first-order valence-corrected chi connectivity index (χ1v) is 5.63. The van der Waals surface area contributed by atoms with Crippen LogP contribution in [-0.2, 0) is 4.79 Å². The zero-order valence-electron chi connectivity index (χ0n) is 10.0. The van der Waals surface area contributed by atoms with Gasteiger partial charge in [-0.15, -0.1) is 0 Å². The summed E-state index contributed by atoms with van der Waals surface area (Å²) in [5.74, 6) is 0.479. The number of carbonyl (C=O) groups is 1. The molecule has 0 radical (unpaired) electrons. The fourth-order valence-electron chi connectivity index (χ4n) is 1.94. The number of phenols is 1. The van der Waals surface area contributed by atoms with Crippen molar-refractivity contribution in [2.75, 3.05) is 7.11 Å². The van der Waals surface area contributed by atoms with Crippen LogP contribution < -0.4 is 4.74 Å². The summed E-state index contributed by atoms with van der Waals surface area (Å²) < 4.78 is 5.27. The molecule has 0 aromatic heterocycles. The van der Waals surface area contributed by atoms with Crippen molar-refractivity contribution >= 4 is 6.29 Å². The third kappa shape index (κ3) is 2.35. The fraction of sp³-hybridized carbons (Fsp3) is 0.133. The third-order valence-electron chi connectivity index (χ3n) is 2.86. The van der Waals surface area contributed by atoms with E-state index in [1.54, 1.807) is 31.4 Å². The quantitative estimate of drug-likeness (QED) is 0.838. The van der Waals surface area contributed by atoms with Gasteiger partial charge < -0.3 is 14.6 Å². The predicted molar refractivity (Wildman–Crippen MR) is 69.0 cm³/mol. The van der Waals surface area contributed by atoms with E-state index in [0.717, 1.165) is 17.4 Å². The van der Waals surface area contributed by atoms with E-state index in [-0.39, 0.29) is 11.7 Å². The van der Waals surface area contributed by atoms with Crippen molar-refractivity contribution in [3.05, 3.63) is 59.7 Å². The van der Waals surface area contributed by atoms with Gasteiger partial charge in [-0.2, -0.15) is 0 Å². The number of aldehydes is 1. The summed E-state index contributed by atoms with van der Waals surface area (Å²) in [6.45, 7) is 0. The molecule has 0 fully saturated rings. The predicted octanol–water partition coefficient (Wildman–Crippen LogP) is 2.73. The minimum Gasteiger partial charge on any atom is -0.508 e. The van der Waals surface area contributed by atoms with Crippen LogP contribution in [0.15, 0.2) is 48.5 Å². The van der Waals surface area contributed by atoms with Crippen LogP contribution in [0.3, 0.4) is 0 Å². The van der Waals surface area contributed by atoms with Gasteiger partial charge in [0.25, 0.3) is 0 Å². The number of carbonyl (C=O) groups excluding carboxylic acids is 1. The minimum absolute atomic E-state index is 0.184. The highest BCUT2D eigenvalue weighted by atomic mass is 16.5. The van der Waals surface area contributed by atoms with E-state index >= 15 is 0 Å². The van der Waals surface area contributed by atoms with Crippen molar-refractivity contribution in [1.29, 1.82) is 0 Å². The van der Waals surface area contributed by atoms with E-state index in [1.807, 2.05) is 24.3 Å². The maximum atomic E-state index is 11.3. The fourth-order valence-corrected chi connectivity index (χ4v) is 1.94. The lowest BCUT2D eigenvalue weighted by molar-refractivity contribution is -0.108. The molecule has 1 atom stereocenters. The number of para-hydroxylation sites is 1. The van der Waals surface area contributed by atoms with Crippen molar-refractivity contribution in [1.82, 2.24) is 0 Å². The van der Waals surface area contributed by atoms with Crippen LogP contribution in [0.25, 0.3) is 0 Å². The Morgan fingerprint density at radius 1 is 1.11 bits per heavy atom. The van der Waals surface area contributed by atoms with E-state index in [9.17, 15) is 9.90 Å². The highest BCUT2D eigenvalue weighted by molar-refractivity contribution is 5.70. The summed E-state index contributed by atoms with van der Waals surface area (Å²) in [4.78, 5) is 11.3. The Morgan fingerprint density at radius 2 is 1.78 bits per heavy atom. The average molecular weight is 242 g/mol. The Balaban J connectivity index is 2.45. The SMILES string of the molecule is COc1ccccc1C(C=O)c1ccc(O)cc1. The van der Waals surface area contributed by atoms with Crippen molar-refractivity contribution in [3.63, 3.8) is 0 Å². The molecule has 1 N–H and O–H groups in total. The Labute approximate surface area is 106 Å². The molecule has 3 heteroatoms. The van der Waals surface area contributed by atoms with Crippen LogP contribution in [0.5, 0.6) is 11.5 Å². The zero-order chi connectivity index (χ0) is 13.0. The largest absolute Gasteiger partial charge is 0.508 e. The molecule has 0 amide bonds. The highest BCUT2D eigenvalue weighted by Gasteiger charge is 2.17. The highest BCUT2D eigenvalue weighted by Crippen LogP contribution is 2.30. The van der Waals surface area contributed by atoms with Gasteiger partial charge in [0.2, 0.25) is 0 Å². The summed E-state index contributed by atoms with van der Waals surface area (Å²) in [7, 11) is 1.58. The van der Waals surface area contributed by atoms with Gasteiger partial charge in [-0.05, 0) is 23.8 Å². The van der Waals surface area contributed by atoms with Gasteiger partial charge in [-0.3, -0.25) is 0 Å². The van der Waals surface area contributed by atoms with Gasteiger partial charge in [-0.25, -0.2) is 0 Å². The van der Waals surface area contributed by atoms with Crippen molar-refractivity contribution in [2.45, 2.75) is 5.92 Å². The molecule has 3 nitrogen and oxygen atoms in total. The first kappa shape index (κ1) is 12.2. The van der Waals surface area contributed by atoms with Gasteiger partial charge in [0, 0.05) is 5.56 Å². The molecule has 0 saturated carbocycles. The number of phenolic OH excluding ortho intramolecular Hbond substituents is 1. The van der Waals surface area contributed by atoms with Crippen LogP contribution >= 0.6 is 0 Å². The second kappa shape index (κ2) is 5.36. The molecule has 0 bridgehead atoms. The van der Waals surface area contributed by atoms with Crippen LogP contribution in [0.2, 0.25) is 0 Å². The molecule has 0 aliphatic rings. The van der Waals surface area contributed by atoms with Crippen molar-refractivity contribution < 1.29 is 14.6 Å². The number of hydrogen-bond acceptors (Lipinski definition) is 3. The van der Waals surface area contributed by atoms with Crippen molar-refractivity contribution in [2.24, 2.45) is 0 Å². The monoisotopic (exact) mass is 242 g/mol. The molecule has 92 valence electrons. The maximum absolute atomic E-state index is 11.3. The lowest BCUT2D eigenvalue weighted by Crippen LogP contribution is -2.04. The van der Waals surface area contributed by atoms with E-state index in [4.69, 9.17) is 4.74 Å². The Bertz CT molecular complexity index is 532. The molecule has 2 aromatic rings. The molecule has 2 rings (SSSR count). The lowest BCUT2D eigenvalue weighted by Gasteiger charge is -2.14. The number of methoxy groups -OCH3 is 1. The molecule has 18 heavy (non-hydrogen) atoms. The summed E-state index contributed by atoms with van der Waals surface area (Å²) in [5, 5.41) is 9.27. The van der Waals surface area contributed by atoms with Crippen molar-refractivity contribution in [3.8, 4) is 11.5 Å². The number of ether oxygens (including phenoxy) is 1. The smallest absolute Gasteiger partial charge is 0.131 e. The zero-order valence-corrected chi connectivity index (χ0v) is 10.0. The topological polar surface area (TPSA) is 46.5 Å². The van der Waals surface area contributed by atoms with Gasteiger partial charge >= 0.3 is 0 Å². The van der Waals surface area contributed by atoms with Crippen LogP contribution in [0, 0.1) is 0 Å². The molecule has 1 unspecified atom stereocenters. The Hall–Kier alpha value is -2.29. The maximum Gasteiger partial charge on any atom is 0.131 e. The number of benzene rings is 2. The standard InChI is InChI=1S/C15H14O3/c1-18-15-5-3-2-4-13(15)14(10-16)11-6-8-12(17)9-7-11/h2-10,14,17H,1H3. The van der Waals surface area contributed by atoms with Crippen LogP contribution in [0.1, 0.15) is 17.0 Å². The number of rotatable bonds is 4. The lowest BCUT2D eigenvalue weighted by atomic mass is 9.92. The van der Waals surface area contributed by atoms with E-state index in [1.165, 1.54) is 0 Å². The van der Waals surface area contributed by atoms with E-state index < -0.39 is 0 Å². The first-order chi connectivity index (χ1) is 8.76. The first-order valence-electron chi connectivity index (χ1n) is 5.63. The molecule has 0 aliphatic heterocycles. The van der Waals surface area contributed by atoms with E-state index in [2.05, 4.69) is 0 Å². The molecule has 0 saturated heterocycles. The van der Waals surface area contributed by atoms with Gasteiger partial charge in [-0.1, -0.05) is 30.3 Å². The Morgan fingerprint density at radius 3 is 2.39 bits per heavy atom.